The molecule has 0 bridgehead atoms. The van der Waals surface area contributed by atoms with Crippen LogP contribution < -0.4 is 5.32 Å². The molecule has 0 unspecified atom stereocenters. The number of aromatic nitrogens is 2. The van der Waals surface area contributed by atoms with Gasteiger partial charge in [0.05, 0.1) is 17.2 Å². The SMILES string of the molecule is CCc1cccnc1CNc1ncccc1[N+](=O)[O-]. The monoisotopic (exact) mass is 258 g/mol. The molecular formula is C13H14N4O2. The van der Waals surface area contributed by atoms with E-state index in [9.17, 15) is 10.1 Å². The first-order valence-electron chi connectivity index (χ1n) is 5.98. The van der Waals surface area contributed by atoms with E-state index in [4.69, 9.17) is 0 Å². The van der Waals surface area contributed by atoms with Crippen LogP contribution in [0.5, 0.6) is 0 Å². The zero-order valence-corrected chi connectivity index (χ0v) is 10.5. The summed E-state index contributed by atoms with van der Waals surface area (Å²) in [7, 11) is 0. The smallest absolute Gasteiger partial charge is 0.311 e. The van der Waals surface area contributed by atoms with Gasteiger partial charge in [0, 0.05) is 18.5 Å². The van der Waals surface area contributed by atoms with Gasteiger partial charge in [0.2, 0.25) is 5.82 Å². The van der Waals surface area contributed by atoms with Crippen LogP contribution in [0, 0.1) is 10.1 Å². The molecule has 2 aromatic heterocycles. The van der Waals surface area contributed by atoms with Gasteiger partial charge in [0.25, 0.3) is 0 Å². The highest BCUT2D eigenvalue weighted by Crippen LogP contribution is 2.21. The summed E-state index contributed by atoms with van der Waals surface area (Å²) < 4.78 is 0. The van der Waals surface area contributed by atoms with Crippen LogP contribution in [0.2, 0.25) is 0 Å². The van der Waals surface area contributed by atoms with Crippen LogP contribution in [-0.2, 0) is 13.0 Å². The molecule has 0 spiro atoms. The number of rotatable bonds is 5. The Balaban J connectivity index is 2.17. The van der Waals surface area contributed by atoms with Gasteiger partial charge in [-0.2, -0.15) is 0 Å². The van der Waals surface area contributed by atoms with Crippen molar-refractivity contribution in [2.24, 2.45) is 0 Å². The van der Waals surface area contributed by atoms with Crippen molar-refractivity contribution < 1.29 is 4.92 Å². The fourth-order valence-corrected chi connectivity index (χ4v) is 1.80. The van der Waals surface area contributed by atoms with Gasteiger partial charge in [0.15, 0.2) is 0 Å². The summed E-state index contributed by atoms with van der Waals surface area (Å²) >= 11 is 0. The standard InChI is InChI=1S/C13H14N4O2/c1-2-10-5-3-7-14-11(10)9-16-13-12(17(18)19)6-4-8-15-13/h3-8H,2,9H2,1H3,(H,15,16). The van der Waals surface area contributed by atoms with Gasteiger partial charge in [-0.05, 0) is 24.1 Å². The summed E-state index contributed by atoms with van der Waals surface area (Å²) in [6.07, 6.45) is 4.10. The molecular weight excluding hydrogens is 244 g/mol. The van der Waals surface area contributed by atoms with Crippen molar-refractivity contribution in [3.63, 3.8) is 0 Å². The van der Waals surface area contributed by atoms with Crippen molar-refractivity contribution in [1.82, 2.24) is 9.97 Å². The number of hydrogen-bond donors (Lipinski definition) is 1. The van der Waals surface area contributed by atoms with Gasteiger partial charge in [-0.1, -0.05) is 13.0 Å². The highest BCUT2D eigenvalue weighted by molar-refractivity contribution is 5.55. The second kappa shape index (κ2) is 5.90. The Morgan fingerprint density at radius 2 is 2.00 bits per heavy atom. The summed E-state index contributed by atoms with van der Waals surface area (Å²) in [5.41, 5.74) is 1.97. The topological polar surface area (TPSA) is 81.0 Å². The average molecular weight is 258 g/mol. The van der Waals surface area contributed by atoms with Crippen molar-refractivity contribution in [2.75, 3.05) is 5.32 Å². The third kappa shape index (κ3) is 3.04. The van der Waals surface area contributed by atoms with E-state index in [2.05, 4.69) is 15.3 Å². The minimum atomic E-state index is -0.450. The van der Waals surface area contributed by atoms with Crippen molar-refractivity contribution in [3.8, 4) is 0 Å². The van der Waals surface area contributed by atoms with E-state index in [0.717, 1.165) is 17.7 Å². The Hall–Kier alpha value is -2.50. The molecule has 0 saturated heterocycles. The van der Waals surface area contributed by atoms with Crippen molar-refractivity contribution in [3.05, 3.63) is 58.0 Å². The second-order valence-corrected chi connectivity index (χ2v) is 3.94. The highest BCUT2D eigenvalue weighted by Gasteiger charge is 2.14. The molecule has 0 saturated carbocycles. The summed E-state index contributed by atoms with van der Waals surface area (Å²) in [6, 6.07) is 6.85. The molecule has 19 heavy (non-hydrogen) atoms. The predicted molar refractivity (Wildman–Crippen MR) is 71.8 cm³/mol. The Labute approximate surface area is 110 Å². The molecule has 0 aliphatic rings. The normalized spacial score (nSPS) is 10.2. The molecule has 6 nitrogen and oxygen atoms in total. The Morgan fingerprint density at radius 1 is 1.26 bits per heavy atom. The number of nitrogens with zero attached hydrogens (tertiary/aromatic N) is 3. The molecule has 6 heteroatoms. The fraction of sp³-hybridized carbons (Fsp3) is 0.231. The largest absolute Gasteiger partial charge is 0.359 e. The lowest BCUT2D eigenvalue weighted by molar-refractivity contribution is -0.384. The average Bonchev–Trinajstić information content (AvgIpc) is 2.45. The predicted octanol–water partition coefficient (Wildman–Crippen LogP) is 2.56. The molecule has 0 fully saturated rings. The first kappa shape index (κ1) is 12.9. The number of nitro groups is 1. The third-order valence-corrected chi connectivity index (χ3v) is 2.77. The van der Waals surface area contributed by atoms with Gasteiger partial charge in [-0.3, -0.25) is 15.1 Å². The molecule has 2 rings (SSSR count). The third-order valence-electron chi connectivity index (χ3n) is 2.77. The van der Waals surface area contributed by atoms with E-state index in [-0.39, 0.29) is 11.5 Å². The number of pyridine rings is 2. The number of hydrogen-bond acceptors (Lipinski definition) is 5. The molecule has 98 valence electrons. The minimum absolute atomic E-state index is 0.0310. The maximum absolute atomic E-state index is 10.9. The molecule has 0 radical (unpaired) electrons. The van der Waals surface area contributed by atoms with E-state index in [1.54, 1.807) is 12.3 Å². The molecule has 0 aromatic carbocycles. The quantitative estimate of drug-likeness (QED) is 0.658. The van der Waals surface area contributed by atoms with Crippen LogP contribution in [0.25, 0.3) is 0 Å². The van der Waals surface area contributed by atoms with Crippen LogP contribution >= 0.6 is 0 Å². The maximum Gasteiger partial charge on any atom is 0.311 e. The molecule has 0 aliphatic heterocycles. The summed E-state index contributed by atoms with van der Waals surface area (Å²) in [5.74, 6) is 0.264. The molecule has 2 aromatic rings. The van der Waals surface area contributed by atoms with Gasteiger partial charge < -0.3 is 5.32 Å². The van der Waals surface area contributed by atoms with E-state index in [0.29, 0.717) is 6.54 Å². The van der Waals surface area contributed by atoms with E-state index >= 15 is 0 Å². The van der Waals surface area contributed by atoms with E-state index < -0.39 is 4.92 Å². The number of aryl methyl sites for hydroxylation is 1. The lowest BCUT2D eigenvalue weighted by Crippen LogP contribution is -2.07. The first-order chi connectivity index (χ1) is 9.22. The summed E-state index contributed by atoms with van der Waals surface area (Å²) in [5, 5.41) is 13.8. The molecule has 0 atom stereocenters. The van der Waals surface area contributed by atoms with Crippen molar-refractivity contribution in [2.45, 2.75) is 19.9 Å². The van der Waals surface area contributed by atoms with Gasteiger partial charge in [0.1, 0.15) is 0 Å². The van der Waals surface area contributed by atoms with Gasteiger partial charge in [-0.15, -0.1) is 0 Å². The lowest BCUT2D eigenvalue weighted by Gasteiger charge is -2.08. The maximum atomic E-state index is 10.9. The Kier molecular flexibility index (Phi) is 4.02. The zero-order valence-electron chi connectivity index (χ0n) is 10.5. The van der Waals surface area contributed by atoms with Gasteiger partial charge >= 0.3 is 5.69 Å². The van der Waals surface area contributed by atoms with Crippen LogP contribution in [0.15, 0.2) is 36.7 Å². The molecule has 1 N–H and O–H groups in total. The van der Waals surface area contributed by atoms with Crippen LogP contribution in [-0.4, -0.2) is 14.9 Å². The molecule has 2 heterocycles. The zero-order chi connectivity index (χ0) is 13.7. The van der Waals surface area contributed by atoms with E-state index in [1.165, 1.54) is 12.3 Å². The summed E-state index contributed by atoms with van der Waals surface area (Å²) in [4.78, 5) is 18.7. The lowest BCUT2D eigenvalue weighted by atomic mass is 10.1. The fourth-order valence-electron chi connectivity index (χ4n) is 1.80. The highest BCUT2D eigenvalue weighted by atomic mass is 16.6. The van der Waals surface area contributed by atoms with Crippen molar-refractivity contribution in [1.29, 1.82) is 0 Å². The molecule has 0 aliphatic carbocycles. The summed E-state index contributed by atoms with van der Waals surface area (Å²) in [6.45, 7) is 2.46. The minimum Gasteiger partial charge on any atom is -0.359 e. The number of nitrogens with one attached hydrogen (secondary N) is 1. The number of anilines is 1. The Bertz CT molecular complexity index is 586. The second-order valence-electron chi connectivity index (χ2n) is 3.94. The Morgan fingerprint density at radius 3 is 2.74 bits per heavy atom. The van der Waals surface area contributed by atoms with Crippen LogP contribution in [0.3, 0.4) is 0 Å². The van der Waals surface area contributed by atoms with Gasteiger partial charge in [-0.25, -0.2) is 4.98 Å². The molecule has 0 amide bonds. The van der Waals surface area contributed by atoms with Crippen LogP contribution in [0.4, 0.5) is 11.5 Å². The van der Waals surface area contributed by atoms with E-state index in [1.807, 2.05) is 19.1 Å². The van der Waals surface area contributed by atoms with Crippen molar-refractivity contribution >= 4 is 11.5 Å². The van der Waals surface area contributed by atoms with Crippen LogP contribution in [0.1, 0.15) is 18.2 Å². The first-order valence-corrected chi connectivity index (χ1v) is 5.98.